The second-order valence-corrected chi connectivity index (χ2v) is 5.53. The number of fused-ring (bicyclic) bond motifs is 3. The summed E-state index contributed by atoms with van der Waals surface area (Å²) in [7, 11) is 1.63. The second kappa shape index (κ2) is 5.81. The molecule has 1 unspecified atom stereocenters. The van der Waals surface area contributed by atoms with Crippen LogP contribution in [0.15, 0.2) is 40.8 Å². The lowest BCUT2D eigenvalue weighted by Gasteiger charge is -2.20. The second-order valence-electron chi connectivity index (χ2n) is 5.53. The van der Waals surface area contributed by atoms with E-state index in [1.54, 1.807) is 14.0 Å². The molecule has 0 saturated carbocycles. The maximum atomic E-state index is 11.0. The molecule has 23 heavy (non-hydrogen) atoms. The molecule has 2 amide bonds. The zero-order chi connectivity index (χ0) is 16.6. The number of hydrogen-bond donors (Lipinski definition) is 2. The zero-order valence-corrected chi connectivity index (χ0v) is 12.9. The van der Waals surface area contributed by atoms with E-state index < -0.39 is 12.1 Å². The van der Waals surface area contributed by atoms with Crippen LogP contribution in [0.5, 0.6) is 5.75 Å². The number of nitrogens with two attached hydrogens (primary N) is 1. The number of hydroxylamine groups is 2. The third-order valence-electron chi connectivity index (χ3n) is 3.92. The van der Waals surface area contributed by atoms with Gasteiger partial charge in [-0.2, -0.15) is 0 Å². The lowest BCUT2D eigenvalue weighted by molar-refractivity contribution is -0.0692. The molecule has 1 heterocycles. The first kappa shape index (κ1) is 15.2. The number of carbonyl (C=O) groups excluding carboxylic acids is 1. The lowest BCUT2D eigenvalue weighted by atomic mass is 10.0. The zero-order valence-electron chi connectivity index (χ0n) is 12.9. The molecule has 6 heteroatoms. The molecule has 3 N–H and O–H groups in total. The van der Waals surface area contributed by atoms with Crippen molar-refractivity contribution < 1.29 is 19.2 Å². The lowest BCUT2D eigenvalue weighted by Crippen LogP contribution is -2.40. The number of rotatable bonds is 4. The molecule has 2 aromatic carbocycles. The Balaban J connectivity index is 1.96. The molecule has 0 aliphatic rings. The Kier molecular flexibility index (Phi) is 3.83. The van der Waals surface area contributed by atoms with Gasteiger partial charge in [0.2, 0.25) is 0 Å². The molecule has 3 rings (SSSR count). The van der Waals surface area contributed by atoms with Crippen LogP contribution in [0.4, 0.5) is 4.79 Å². The van der Waals surface area contributed by atoms with Crippen molar-refractivity contribution in [3.05, 3.63) is 42.0 Å². The summed E-state index contributed by atoms with van der Waals surface area (Å²) in [6.07, 6.45) is 0.468. The number of carbonyl (C=O) groups is 1. The van der Waals surface area contributed by atoms with Crippen LogP contribution in [0.25, 0.3) is 21.9 Å². The topological polar surface area (TPSA) is 88.9 Å². The van der Waals surface area contributed by atoms with E-state index in [-0.39, 0.29) is 0 Å². The van der Waals surface area contributed by atoms with Gasteiger partial charge in [-0.05, 0) is 43.2 Å². The Bertz CT molecular complexity index is 872. The van der Waals surface area contributed by atoms with Crippen molar-refractivity contribution in [2.75, 3.05) is 7.11 Å². The quantitative estimate of drug-likeness (QED) is 0.571. The van der Waals surface area contributed by atoms with Crippen LogP contribution < -0.4 is 10.5 Å². The monoisotopic (exact) mass is 314 g/mol. The summed E-state index contributed by atoms with van der Waals surface area (Å²) in [4.78, 5) is 11.0. The Morgan fingerprint density at radius 2 is 2.04 bits per heavy atom. The fraction of sp³-hybridized carbons (Fsp3) is 0.235. The van der Waals surface area contributed by atoms with Gasteiger partial charge in [-0.15, -0.1) is 0 Å². The number of nitrogens with zero attached hydrogens (tertiary/aromatic N) is 1. The van der Waals surface area contributed by atoms with E-state index in [1.165, 1.54) is 0 Å². The third kappa shape index (κ3) is 2.80. The number of ether oxygens (including phenoxy) is 1. The number of hydrogen-bond acceptors (Lipinski definition) is 4. The third-order valence-corrected chi connectivity index (χ3v) is 3.92. The average Bonchev–Trinajstić information content (AvgIpc) is 2.90. The average molecular weight is 314 g/mol. The summed E-state index contributed by atoms with van der Waals surface area (Å²) in [6.45, 7) is 1.72. The van der Waals surface area contributed by atoms with Gasteiger partial charge in [-0.1, -0.05) is 12.1 Å². The maximum Gasteiger partial charge on any atom is 0.338 e. The first-order chi connectivity index (χ1) is 11.0. The van der Waals surface area contributed by atoms with Gasteiger partial charge < -0.3 is 14.9 Å². The largest absolute Gasteiger partial charge is 0.497 e. The summed E-state index contributed by atoms with van der Waals surface area (Å²) in [5, 5.41) is 12.1. The minimum absolute atomic E-state index is 0.422. The molecule has 0 bridgehead atoms. The number of benzene rings is 2. The molecule has 0 saturated heterocycles. The van der Waals surface area contributed by atoms with Crippen molar-refractivity contribution in [3.8, 4) is 5.75 Å². The van der Waals surface area contributed by atoms with Gasteiger partial charge in [0.15, 0.2) is 0 Å². The summed E-state index contributed by atoms with van der Waals surface area (Å²) in [5.41, 5.74) is 7.54. The molecule has 0 radical (unpaired) electrons. The molecule has 0 fully saturated rings. The SMILES string of the molecule is COc1ccc2oc3cc(CC(C)N(O)C(N)=O)ccc3c2c1. The van der Waals surface area contributed by atoms with Crippen molar-refractivity contribution in [2.24, 2.45) is 5.73 Å². The van der Waals surface area contributed by atoms with E-state index in [4.69, 9.17) is 14.9 Å². The van der Waals surface area contributed by atoms with Gasteiger partial charge in [0.1, 0.15) is 16.9 Å². The normalized spacial score (nSPS) is 12.5. The number of methoxy groups -OCH3 is 1. The number of primary amides is 1. The van der Waals surface area contributed by atoms with E-state index in [0.29, 0.717) is 11.5 Å². The van der Waals surface area contributed by atoms with Crippen LogP contribution in [0.2, 0.25) is 0 Å². The fourth-order valence-corrected chi connectivity index (χ4v) is 2.70. The highest BCUT2D eigenvalue weighted by Crippen LogP contribution is 2.32. The van der Waals surface area contributed by atoms with Gasteiger partial charge in [0, 0.05) is 10.8 Å². The Labute approximate surface area is 133 Å². The highest BCUT2D eigenvalue weighted by Gasteiger charge is 2.16. The minimum Gasteiger partial charge on any atom is -0.497 e. The Morgan fingerprint density at radius 3 is 2.74 bits per heavy atom. The maximum absolute atomic E-state index is 11.0. The van der Waals surface area contributed by atoms with Crippen molar-refractivity contribution in [1.82, 2.24) is 5.06 Å². The number of furan rings is 1. The first-order valence-corrected chi connectivity index (χ1v) is 7.26. The molecule has 6 nitrogen and oxygen atoms in total. The van der Waals surface area contributed by atoms with Crippen molar-refractivity contribution in [2.45, 2.75) is 19.4 Å². The first-order valence-electron chi connectivity index (χ1n) is 7.26. The molecule has 0 aliphatic carbocycles. The van der Waals surface area contributed by atoms with E-state index in [0.717, 1.165) is 33.3 Å². The highest BCUT2D eigenvalue weighted by molar-refractivity contribution is 6.05. The molecule has 0 aliphatic heterocycles. The van der Waals surface area contributed by atoms with Gasteiger partial charge in [0.05, 0.1) is 13.2 Å². The molecule has 1 aromatic heterocycles. The van der Waals surface area contributed by atoms with Crippen LogP contribution in [-0.2, 0) is 6.42 Å². The Hall–Kier alpha value is -2.73. The number of amides is 2. The van der Waals surface area contributed by atoms with Gasteiger partial charge in [0.25, 0.3) is 0 Å². The molecule has 3 aromatic rings. The minimum atomic E-state index is -0.866. The molecular weight excluding hydrogens is 296 g/mol. The molecule has 0 spiro atoms. The van der Waals surface area contributed by atoms with Crippen molar-refractivity contribution >= 4 is 28.0 Å². The van der Waals surface area contributed by atoms with E-state index in [9.17, 15) is 10.0 Å². The van der Waals surface area contributed by atoms with Crippen molar-refractivity contribution in [1.29, 1.82) is 0 Å². The molecular formula is C17H18N2O4. The van der Waals surface area contributed by atoms with E-state index >= 15 is 0 Å². The van der Waals surface area contributed by atoms with E-state index in [2.05, 4.69) is 0 Å². The highest BCUT2D eigenvalue weighted by atomic mass is 16.5. The van der Waals surface area contributed by atoms with E-state index in [1.807, 2.05) is 36.4 Å². The van der Waals surface area contributed by atoms with Crippen LogP contribution in [0, 0.1) is 0 Å². The van der Waals surface area contributed by atoms with Crippen LogP contribution >= 0.6 is 0 Å². The summed E-state index contributed by atoms with van der Waals surface area (Å²) >= 11 is 0. The van der Waals surface area contributed by atoms with Crippen LogP contribution in [-0.4, -0.2) is 29.5 Å². The predicted molar refractivity (Wildman–Crippen MR) is 86.6 cm³/mol. The molecule has 1 atom stereocenters. The summed E-state index contributed by atoms with van der Waals surface area (Å²) in [5.74, 6) is 0.773. The van der Waals surface area contributed by atoms with Crippen LogP contribution in [0.1, 0.15) is 12.5 Å². The number of urea groups is 1. The summed E-state index contributed by atoms with van der Waals surface area (Å²) in [6, 6.07) is 10.2. The molecule has 120 valence electrons. The standard InChI is InChI=1S/C17H18N2O4/c1-10(19(21)17(18)20)7-11-3-5-13-14-9-12(22-2)4-6-15(14)23-16(13)8-11/h3-6,8-10,21H,7H2,1-2H3,(H2,18,20). The summed E-state index contributed by atoms with van der Waals surface area (Å²) < 4.78 is 11.1. The Morgan fingerprint density at radius 1 is 1.26 bits per heavy atom. The fourth-order valence-electron chi connectivity index (χ4n) is 2.70. The van der Waals surface area contributed by atoms with Crippen LogP contribution in [0.3, 0.4) is 0 Å². The predicted octanol–water partition coefficient (Wildman–Crippen LogP) is 3.30. The van der Waals surface area contributed by atoms with Gasteiger partial charge >= 0.3 is 6.03 Å². The van der Waals surface area contributed by atoms with Gasteiger partial charge in [-0.3, -0.25) is 5.21 Å². The smallest absolute Gasteiger partial charge is 0.338 e. The van der Waals surface area contributed by atoms with Crippen molar-refractivity contribution in [3.63, 3.8) is 0 Å². The van der Waals surface area contributed by atoms with Gasteiger partial charge in [-0.25, -0.2) is 9.86 Å².